The van der Waals surface area contributed by atoms with Gasteiger partial charge in [0.2, 0.25) is 0 Å². The van der Waals surface area contributed by atoms with Gasteiger partial charge in [-0.1, -0.05) is 18.2 Å². The van der Waals surface area contributed by atoms with Crippen molar-refractivity contribution < 1.29 is 9.18 Å². The average molecular weight is 262 g/mol. The SMILES string of the molecule is CC(C)(NC(=O)c1cn[nH]c1N)c1ccccc1F. The predicted octanol–water partition coefficient (Wildman–Crippen LogP) is 1.80. The van der Waals surface area contributed by atoms with Crippen LogP contribution in [0.25, 0.3) is 0 Å². The Labute approximate surface area is 110 Å². The number of hydrogen-bond acceptors (Lipinski definition) is 3. The molecule has 0 aliphatic carbocycles. The Kier molecular flexibility index (Phi) is 3.25. The molecule has 0 saturated heterocycles. The number of H-pyrrole nitrogens is 1. The van der Waals surface area contributed by atoms with Gasteiger partial charge in [-0.2, -0.15) is 5.10 Å². The largest absolute Gasteiger partial charge is 0.383 e. The van der Waals surface area contributed by atoms with Gasteiger partial charge in [0.15, 0.2) is 0 Å². The lowest BCUT2D eigenvalue weighted by Gasteiger charge is -2.27. The van der Waals surface area contributed by atoms with Crippen molar-refractivity contribution in [3.05, 3.63) is 47.4 Å². The van der Waals surface area contributed by atoms with Gasteiger partial charge in [-0.15, -0.1) is 0 Å². The maximum atomic E-state index is 13.8. The number of amides is 1. The van der Waals surface area contributed by atoms with Gasteiger partial charge in [0.05, 0.1) is 11.7 Å². The van der Waals surface area contributed by atoms with Crippen LogP contribution in [0.3, 0.4) is 0 Å². The van der Waals surface area contributed by atoms with Crippen molar-refractivity contribution in [1.82, 2.24) is 15.5 Å². The maximum absolute atomic E-state index is 13.8. The Morgan fingerprint density at radius 2 is 2.11 bits per heavy atom. The molecule has 1 heterocycles. The van der Waals surface area contributed by atoms with Gasteiger partial charge in [0, 0.05) is 5.56 Å². The molecule has 1 aromatic carbocycles. The predicted molar refractivity (Wildman–Crippen MR) is 69.9 cm³/mol. The molecule has 0 bridgehead atoms. The quantitative estimate of drug-likeness (QED) is 0.788. The molecule has 0 aliphatic heterocycles. The van der Waals surface area contributed by atoms with Gasteiger partial charge in [-0.05, 0) is 19.9 Å². The number of halogens is 1. The van der Waals surface area contributed by atoms with E-state index in [2.05, 4.69) is 15.5 Å². The number of aromatic amines is 1. The monoisotopic (exact) mass is 262 g/mol. The minimum absolute atomic E-state index is 0.182. The molecule has 0 radical (unpaired) electrons. The van der Waals surface area contributed by atoms with Crippen molar-refractivity contribution in [3.8, 4) is 0 Å². The summed E-state index contributed by atoms with van der Waals surface area (Å²) in [6, 6.07) is 6.31. The second-order valence-electron chi connectivity index (χ2n) is 4.76. The van der Waals surface area contributed by atoms with Crippen LogP contribution in [0.5, 0.6) is 0 Å². The highest BCUT2D eigenvalue weighted by atomic mass is 19.1. The van der Waals surface area contributed by atoms with Gasteiger partial charge < -0.3 is 11.1 Å². The van der Waals surface area contributed by atoms with Crippen LogP contribution in [0.2, 0.25) is 0 Å². The molecule has 100 valence electrons. The number of nitrogens with two attached hydrogens (primary N) is 1. The standard InChI is InChI=1S/C13H15FN4O/c1-13(2,9-5-3-4-6-10(9)14)17-12(19)8-7-16-18-11(8)15/h3-7H,1-2H3,(H,17,19)(H3,15,16,18). The lowest BCUT2D eigenvalue weighted by molar-refractivity contribution is 0.0912. The Hall–Kier alpha value is -2.37. The molecule has 0 spiro atoms. The van der Waals surface area contributed by atoms with Crippen molar-refractivity contribution in [2.24, 2.45) is 0 Å². The normalized spacial score (nSPS) is 11.3. The molecule has 19 heavy (non-hydrogen) atoms. The summed E-state index contributed by atoms with van der Waals surface area (Å²) in [4.78, 5) is 12.1. The summed E-state index contributed by atoms with van der Waals surface area (Å²) in [6.07, 6.45) is 1.34. The Bertz CT molecular complexity index is 606. The van der Waals surface area contributed by atoms with Gasteiger partial charge in [0.1, 0.15) is 17.2 Å². The van der Waals surface area contributed by atoms with Crippen molar-refractivity contribution in [1.29, 1.82) is 0 Å². The molecule has 1 aromatic heterocycles. The number of aromatic nitrogens is 2. The zero-order valence-electron chi connectivity index (χ0n) is 10.7. The van der Waals surface area contributed by atoms with Gasteiger partial charge in [-0.3, -0.25) is 9.89 Å². The zero-order chi connectivity index (χ0) is 14.0. The molecule has 0 fully saturated rings. The first kappa shape index (κ1) is 13.1. The number of nitrogens with one attached hydrogen (secondary N) is 2. The number of anilines is 1. The first-order chi connectivity index (χ1) is 8.92. The maximum Gasteiger partial charge on any atom is 0.257 e. The number of nitrogens with zero attached hydrogens (tertiary/aromatic N) is 1. The summed E-state index contributed by atoms with van der Waals surface area (Å²) in [6.45, 7) is 3.44. The number of hydrogen-bond donors (Lipinski definition) is 3. The Balaban J connectivity index is 2.25. The minimum atomic E-state index is -0.855. The number of carbonyl (C=O) groups is 1. The van der Waals surface area contributed by atoms with Crippen LogP contribution in [0.1, 0.15) is 29.8 Å². The molecule has 1 amide bonds. The summed E-state index contributed by atoms with van der Waals surface area (Å²) >= 11 is 0. The van der Waals surface area contributed by atoms with Gasteiger partial charge in [-0.25, -0.2) is 4.39 Å². The fourth-order valence-electron chi connectivity index (χ4n) is 1.86. The smallest absolute Gasteiger partial charge is 0.257 e. The van der Waals surface area contributed by atoms with Gasteiger partial charge >= 0.3 is 0 Å². The van der Waals surface area contributed by atoms with E-state index in [0.29, 0.717) is 5.56 Å². The third-order valence-electron chi connectivity index (χ3n) is 2.89. The molecule has 0 atom stereocenters. The van der Waals surface area contributed by atoms with Crippen LogP contribution in [0.4, 0.5) is 10.2 Å². The summed E-state index contributed by atoms with van der Waals surface area (Å²) in [5.41, 5.74) is 5.37. The molecular formula is C13H15FN4O. The highest BCUT2D eigenvalue weighted by Crippen LogP contribution is 2.23. The van der Waals surface area contributed by atoms with E-state index in [9.17, 15) is 9.18 Å². The number of nitrogen functional groups attached to an aromatic ring is 1. The highest BCUT2D eigenvalue weighted by molar-refractivity contribution is 5.98. The molecule has 5 nitrogen and oxygen atoms in total. The molecule has 2 aromatic rings. The molecule has 4 N–H and O–H groups in total. The number of carbonyl (C=O) groups excluding carboxylic acids is 1. The summed E-state index contributed by atoms with van der Waals surface area (Å²) in [7, 11) is 0. The van der Waals surface area contributed by atoms with Crippen molar-refractivity contribution in [3.63, 3.8) is 0 Å². The van der Waals surface area contributed by atoms with Crippen LogP contribution in [0, 0.1) is 5.82 Å². The second kappa shape index (κ2) is 4.72. The topological polar surface area (TPSA) is 83.8 Å². The molecule has 6 heteroatoms. The number of benzene rings is 1. The molecule has 2 rings (SSSR count). The highest BCUT2D eigenvalue weighted by Gasteiger charge is 2.27. The molecular weight excluding hydrogens is 247 g/mol. The van der Waals surface area contributed by atoms with E-state index in [0.717, 1.165) is 0 Å². The van der Waals surface area contributed by atoms with E-state index in [4.69, 9.17) is 5.73 Å². The second-order valence-corrected chi connectivity index (χ2v) is 4.76. The van der Waals surface area contributed by atoms with E-state index in [1.807, 2.05) is 0 Å². The van der Waals surface area contributed by atoms with E-state index < -0.39 is 11.4 Å². The summed E-state index contributed by atoms with van der Waals surface area (Å²) in [5.74, 6) is -0.589. The average Bonchev–Trinajstić information content (AvgIpc) is 2.75. The fraction of sp³-hybridized carbons (Fsp3) is 0.231. The minimum Gasteiger partial charge on any atom is -0.383 e. The Morgan fingerprint density at radius 1 is 1.42 bits per heavy atom. The molecule has 0 unspecified atom stereocenters. The van der Waals surface area contributed by atoms with Crippen molar-refractivity contribution in [2.45, 2.75) is 19.4 Å². The van der Waals surface area contributed by atoms with Crippen LogP contribution >= 0.6 is 0 Å². The molecule has 0 aliphatic rings. The Morgan fingerprint density at radius 3 is 2.68 bits per heavy atom. The zero-order valence-corrected chi connectivity index (χ0v) is 10.7. The van der Waals surface area contributed by atoms with Gasteiger partial charge in [0.25, 0.3) is 5.91 Å². The third kappa shape index (κ3) is 2.57. The lowest BCUT2D eigenvalue weighted by atomic mass is 9.93. The first-order valence-corrected chi connectivity index (χ1v) is 5.78. The third-order valence-corrected chi connectivity index (χ3v) is 2.89. The van der Waals surface area contributed by atoms with E-state index in [1.54, 1.807) is 32.0 Å². The molecule has 0 saturated carbocycles. The van der Waals surface area contributed by atoms with Crippen LogP contribution in [-0.4, -0.2) is 16.1 Å². The van der Waals surface area contributed by atoms with E-state index in [1.165, 1.54) is 12.3 Å². The summed E-state index contributed by atoms with van der Waals surface area (Å²) in [5, 5.41) is 8.90. The first-order valence-electron chi connectivity index (χ1n) is 5.78. The van der Waals surface area contributed by atoms with E-state index in [-0.39, 0.29) is 17.2 Å². The summed E-state index contributed by atoms with van der Waals surface area (Å²) < 4.78 is 13.8. The number of rotatable bonds is 3. The fourth-order valence-corrected chi connectivity index (χ4v) is 1.86. The van der Waals surface area contributed by atoms with Crippen LogP contribution < -0.4 is 11.1 Å². The van der Waals surface area contributed by atoms with Crippen LogP contribution in [0.15, 0.2) is 30.5 Å². The van der Waals surface area contributed by atoms with Crippen LogP contribution in [-0.2, 0) is 5.54 Å². The van der Waals surface area contributed by atoms with Crippen molar-refractivity contribution >= 4 is 11.7 Å². The lowest BCUT2D eigenvalue weighted by Crippen LogP contribution is -2.41. The van der Waals surface area contributed by atoms with Crippen molar-refractivity contribution in [2.75, 3.05) is 5.73 Å². The van der Waals surface area contributed by atoms with E-state index >= 15 is 0 Å².